The first-order valence-corrected chi connectivity index (χ1v) is 9.75. The second-order valence-electron chi connectivity index (χ2n) is 6.98. The van der Waals surface area contributed by atoms with Crippen LogP contribution in [0.2, 0.25) is 0 Å². The minimum atomic E-state index is -0.0824. The largest absolute Gasteiger partial charge is 0.352 e. The third-order valence-corrected chi connectivity index (χ3v) is 4.95. The van der Waals surface area contributed by atoms with E-state index in [9.17, 15) is 4.79 Å². The van der Waals surface area contributed by atoms with Crippen molar-refractivity contribution in [2.75, 3.05) is 6.54 Å². The van der Waals surface area contributed by atoms with Crippen molar-refractivity contribution in [2.24, 2.45) is 0 Å². The van der Waals surface area contributed by atoms with Gasteiger partial charge >= 0.3 is 0 Å². The standard InChI is InChI=1S/C23H23N3O2/c27-22(24-15-14-17-8-3-1-4-9-17)19-12-7-13-20(16-19)23-25-21(26-28-23)18-10-5-2-6-11-18/h2,5-8,10-13,16H,1,3-4,9,14-15H2,(H,24,27). The summed E-state index contributed by atoms with van der Waals surface area (Å²) in [5, 5.41) is 7.06. The number of benzene rings is 2. The van der Waals surface area contributed by atoms with Crippen molar-refractivity contribution in [2.45, 2.75) is 32.1 Å². The number of carbonyl (C=O) groups excluding carboxylic acids is 1. The highest BCUT2D eigenvalue weighted by molar-refractivity contribution is 5.95. The van der Waals surface area contributed by atoms with Gasteiger partial charge in [0.05, 0.1) is 0 Å². The number of rotatable bonds is 6. The quantitative estimate of drug-likeness (QED) is 0.616. The molecule has 0 atom stereocenters. The van der Waals surface area contributed by atoms with Crippen molar-refractivity contribution in [1.29, 1.82) is 0 Å². The summed E-state index contributed by atoms with van der Waals surface area (Å²) < 4.78 is 5.40. The molecule has 1 N–H and O–H groups in total. The van der Waals surface area contributed by atoms with Crippen molar-refractivity contribution in [3.8, 4) is 22.8 Å². The third kappa shape index (κ3) is 4.36. The van der Waals surface area contributed by atoms with Crippen LogP contribution < -0.4 is 5.32 Å². The molecule has 28 heavy (non-hydrogen) atoms. The summed E-state index contributed by atoms with van der Waals surface area (Å²) >= 11 is 0. The molecule has 0 saturated carbocycles. The Morgan fingerprint density at radius 1 is 1.04 bits per heavy atom. The van der Waals surface area contributed by atoms with E-state index in [4.69, 9.17) is 4.52 Å². The van der Waals surface area contributed by atoms with Gasteiger partial charge in [-0.05, 0) is 50.3 Å². The van der Waals surface area contributed by atoms with Crippen molar-refractivity contribution in [3.63, 3.8) is 0 Å². The second kappa shape index (κ2) is 8.65. The lowest BCUT2D eigenvalue weighted by Gasteiger charge is -2.13. The average molecular weight is 373 g/mol. The van der Waals surface area contributed by atoms with Crippen LogP contribution in [-0.4, -0.2) is 22.6 Å². The maximum absolute atomic E-state index is 12.5. The van der Waals surface area contributed by atoms with Crippen LogP contribution in [-0.2, 0) is 0 Å². The molecule has 1 amide bonds. The number of nitrogens with zero attached hydrogens (tertiary/aromatic N) is 2. The highest BCUT2D eigenvalue weighted by atomic mass is 16.5. The Morgan fingerprint density at radius 2 is 1.89 bits per heavy atom. The predicted octanol–water partition coefficient (Wildman–Crippen LogP) is 5.02. The fourth-order valence-corrected chi connectivity index (χ4v) is 3.41. The second-order valence-corrected chi connectivity index (χ2v) is 6.98. The molecule has 0 radical (unpaired) electrons. The molecule has 0 unspecified atom stereocenters. The summed E-state index contributed by atoms with van der Waals surface area (Å²) in [5.74, 6) is 0.855. The Hall–Kier alpha value is -3.21. The summed E-state index contributed by atoms with van der Waals surface area (Å²) in [6, 6.07) is 17.0. The minimum absolute atomic E-state index is 0.0824. The fourth-order valence-electron chi connectivity index (χ4n) is 3.41. The van der Waals surface area contributed by atoms with E-state index in [-0.39, 0.29) is 5.91 Å². The minimum Gasteiger partial charge on any atom is -0.352 e. The number of aromatic nitrogens is 2. The number of hydrogen-bond donors (Lipinski definition) is 1. The van der Waals surface area contributed by atoms with E-state index in [0.717, 1.165) is 24.0 Å². The zero-order valence-corrected chi connectivity index (χ0v) is 15.7. The van der Waals surface area contributed by atoms with Crippen LogP contribution in [0.15, 0.2) is 70.8 Å². The Bertz CT molecular complexity index is 976. The van der Waals surface area contributed by atoms with Crippen molar-refractivity contribution in [3.05, 3.63) is 71.8 Å². The van der Waals surface area contributed by atoms with E-state index in [2.05, 4.69) is 21.5 Å². The molecule has 3 aromatic rings. The van der Waals surface area contributed by atoms with Gasteiger partial charge in [0.1, 0.15) is 0 Å². The molecular weight excluding hydrogens is 350 g/mol. The molecule has 0 fully saturated rings. The molecule has 0 saturated heterocycles. The van der Waals surface area contributed by atoms with Gasteiger partial charge in [-0.15, -0.1) is 0 Å². The summed E-state index contributed by atoms with van der Waals surface area (Å²) in [6.07, 6.45) is 8.11. The Labute approximate surface area is 164 Å². The molecular formula is C23H23N3O2. The van der Waals surface area contributed by atoms with E-state index < -0.39 is 0 Å². The molecule has 1 aliphatic carbocycles. The average Bonchev–Trinajstić information content (AvgIpc) is 3.26. The van der Waals surface area contributed by atoms with Gasteiger partial charge in [0.2, 0.25) is 5.82 Å². The fraction of sp³-hybridized carbons (Fsp3) is 0.261. The van der Waals surface area contributed by atoms with Crippen LogP contribution in [0.4, 0.5) is 0 Å². The molecule has 5 heteroatoms. The first-order valence-electron chi connectivity index (χ1n) is 9.75. The lowest BCUT2D eigenvalue weighted by Crippen LogP contribution is -2.24. The topological polar surface area (TPSA) is 68.0 Å². The number of hydrogen-bond acceptors (Lipinski definition) is 4. The normalized spacial score (nSPS) is 13.8. The van der Waals surface area contributed by atoms with Gasteiger partial charge < -0.3 is 9.84 Å². The number of amides is 1. The molecule has 2 aromatic carbocycles. The first-order chi connectivity index (χ1) is 13.8. The predicted molar refractivity (Wildman–Crippen MR) is 109 cm³/mol. The van der Waals surface area contributed by atoms with Gasteiger partial charge in [-0.2, -0.15) is 4.98 Å². The Balaban J connectivity index is 1.42. The van der Waals surface area contributed by atoms with Gasteiger partial charge in [0.15, 0.2) is 0 Å². The van der Waals surface area contributed by atoms with Crippen molar-refractivity contribution < 1.29 is 9.32 Å². The van der Waals surface area contributed by atoms with Crippen molar-refractivity contribution >= 4 is 5.91 Å². The molecule has 0 aliphatic heterocycles. The van der Waals surface area contributed by atoms with Gasteiger partial charge in [-0.25, -0.2) is 0 Å². The summed E-state index contributed by atoms with van der Waals surface area (Å²) in [5.41, 5.74) is 3.68. The molecule has 1 aliphatic rings. The molecule has 142 valence electrons. The van der Waals surface area contributed by atoms with Crippen LogP contribution in [0.25, 0.3) is 22.8 Å². The highest BCUT2D eigenvalue weighted by Gasteiger charge is 2.13. The van der Waals surface area contributed by atoms with E-state index in [1.165, 1.54) is 24.8 Å². The van der Waals surface area contributed by atoms with E-state index in [1.807, 2.05) is 42.5 Å². The maximum atomic E-state index is 12.5. The summed E-state index contributed by atoms with van der Waals surface area (Å²) in [7, 11) is 0. The SMILES string of the molecule is O=C(NCCC1=CCCCC1)c1cccc(-c2nc(-c3ccccc3)no2)c1. The van der Waals surface area contributed by atoms with E-state index in [1.54, 1.807) is 12.1 Å². The monoisotopic (exact) mass is 373 g/mol. The zero-order chi connectivity index (χ0) is 19.2. The highest BCUT2D eigenvalue weighted by Crippen LogP contribution is 2.23. The first kappa shape index (κ1) is 18.2. The van der Waals surface area contributed by atoms with Gasteiger partial charge in [-0.1, -0.05) is 53.2 Å². The third-order valence-electron chi connectivity index (χ3n) is 4.95. The van der Waals surface area contributed by atoms with E-state index in [0.29, 0.717) is 23.8 Å². The number of carbonyl (C=O) groups is 1. The molecule has 4 rings (SSSR count). The van der Waals surface area contributed by atoms with Gasteiger partial charge in [-0.3, -0.25) is 4.79 Å². The maximum Gasteiger partial charge on any atom is 0.258 e. The van der Waals surface area contributed by atoms with Crippen LogP contribution >= 0.6 is 0 Å². The smallest absolute Gasteiger partial charge is 0.258 e. The Kier molecular flexibility index (Phi) is 5.61. The van der Waals surface area contributed by atoms with Crippen LogP contribution in [0, 0.1) is 0 Å². The van der Waals surface area contributed by atoms with Gasteiger partial charge in [0, 0.05) is 23.2 Å². The molecule has 5 nitrogen and oxygen atoms in total. The Morgan fingerprint density at radius 3 is 2.71 bits per heavy atom. The molecule has 0 bridgehead atoms. The zero-order valence-electron chi connectivity index (χ0n) is 15.7. The van der Waals surface area contributed by atoms with E-state index >= 15 is 0 Å². The van der Waals surface area contributed by atoms with Crippen LogP contribution in [0.5, 0.6) is 0 Å². The lowest BCUT2D eigenvalue weighted by molar-refractivity contribution is 0.0954. The molecule has 1 aromatic heterocycles. The van der Waals surface area contributed by atoms with Crippen LogP contribution in [0.3, 0.4) is 0 Å². The lowest BCUT2D eigenvalue weighted by atomic mass is 9.97. The van der Waals surface area contributed by atoms with Crippen LogP contribution in [0.1, 0.15) is 42.5 Å². The summed E-state index contributed by atoms with van der Waals surface area (Å²) in [4.78, 5) is 17.0. The molecule has 1 heterocycles. The molecule has 0 spiro atoms. The van der Waals surface area contributed by atoms with Crippen molar-refractivity contribution in [1.82, 2.24) is 15.5 Å². The number of nitrogens with one attached hydrogen (secondary N) is 1. The summed E-state index contributed by atoms with van der Waals surface area (Å²) in [6.45, 7) is 0.660. The van der Waals surface area contributed by atoms with Gasteiger partial charge in [0.25, 0.3) is 11.8 Å². The number of allylic oxidation sites excluding steroid dienone is 1.